The summed E-state index contributed by atoms with van der Waals surface area (Å²) in [6, 6.07) is 23.5. The SMILES string of the molecule is COc1ccc(-n2c(SCC(=O)Nc3c(C)cccc3C)nnc2-c2ccccc2)cc1. The molecule has 0 atom stereocenters. The molecule has 0 radical (unpaired) electrons. The van der Waals surface area contributed by atoms with Crippen LogP contribution in [0.1, 0.15) is 11.1 Å². The molecule has 1 aromatic heterocycles. The number of benzene rings is 3. The molecule has 3 aromatic carbocycles. The highest BCUT2D eigenvalue weighted by molar-refractivity contribution is 7.99. The molecule has 1 heterocycles. The minimum atomic E-state index is -0.0852. The molecule has 32 heavy (non-hydrogen) atoms. The number of carbonyl (C=O) groups excluding carboxylic acids is 1. The van der Waals surface area contributed by atoms with Crippen LogP contribution in [0.3, 0.4) is 0 Å². The standard InChI is InChI=1S/C25H24N4O2S/c1-17-8-7-9-18(2)23(17)26-22(30)16-32-25-28-27-24(19-10-5-4-6-11-19)29(25)20-12-14-21(31-3)15-13-20/h4-15H,16H2,1-3H3,(H,26,30). The third-order valence-corrected chi connectivity index (χ3v) is 6.00. The Bertz CT molecular complexity index is 1200. The summed E-state index contributed by atoms with van der Waals surface area (Å²) in [6.07, 6.45) is 0. The highest BCUT2D eigenvalue weighted by Gasteiger charge is 2.18. The largest absolute Gasteiger partial charge is 0.497 e. The summed E-state index contributed by atoms with van der Waals surface area (Å²) < 4.78 is 7.25. The first-order chi connectivity index (χ1) is 15.6. The zero-order valence-electron chi connectivity index (χ0n) is 18.2. The minimum absolute atomic E-state index is 0.0852. The molecule has 4 rings (SSSR count). The van der Waals surface area contributed by atoms with Crippen LogP contribution < -0.4 is 10.1 Å². The fourth-order valence-corrected chi connectivity index (χ4v) is 4.17. The van der Waals surface area contributed by atoms with Crippen LogP contribution >= 0.6 is 11.8 Å². The van der Waals surface area contributed by atoms with Crippen LogP contribution in [0.5, 0.6) is 5.75 Å². The summed E-state index contributed by atoms with van der Waals surface area (Å²) in [7, 11) is 1.64. The highest BCUT2D eigenvalue weighted by atomic mass is 32.2. The molecule has 4 aromatic rings. The van der Waals surface area contributed by atoms with Crippen LogP contribution in [0.2, 0.25) is 0 Å². The molecule has 0 aliphatic rings. The van der Waals surface area contributed by atoms with Crippen LogP contribution in [0.4, 0.5) is 5.69 Å². The molecular weight excluding hydrogens is 420 g/mol. The lowest BCUT2D eigenvalue weighted by atomic mass is 10.1. The number of carbonyl (C=O) groups is 1. The van der Waals surface area contributed by atoms with Crippen molar-refractivity contribution in [2.24, 2.45) is 0 Å². The van der Waals surface area contributed by atoms with E-state index in [4.69, 9.17) is 4.74 Å². The fraction of sp³-hybridized carbons (Fsp3) is 0.160. The molecule has 0 fully saturated rings. The van der Waals surface area contributed by atoms with Crippen molar-refractivity contribution in [1.82, 2.24) is 14.8 Å². The van der Waals surface area contributed by atoms with Crippen molar-refractivity contribution >= 4 is 23.4 Å². The van der Waals surface area contributed by atoms with Crippen LogP contribution in [0.25, 0.3) is 17.1 Å². The normalized spacial score (nSPS) is 10.7. The van der Waals surface area contributed by atoms with Gasteiger partial charge in [0, 0.05) is 16.9 Å². The second-order valence-electron chi connectivity index (χ2n) is 7.31. The van der Waals surface area contributed by atoms with Gasteiger partial charge in [-0.05, 0) is 49.2 Å². The number of anilines is 1. The van der Waals surface area contributed by atoms with Crippen LogP contribution in [-0.4, -0.2) is 33.5 Å². The van der Waals surface area contributed by atoms with Crippen molar-refractivity contribution in [3.05, 3.63) is 83.9 Å². The van der Waals surface area contributed by atoms with E-state index in [9.17, 15) is 4.79 Å². The van der Waals surface area contributed by atoms with Gasteiger partial charge in [0.15, 0.2) is 11.0 Å². The molecule has 1 amide bonds. The predicted octanol–water partition coefficient (Wildman–Crippen LogP) is 5.29. The van der Waals surface area contributed by atoms with E-state index in [1.54, 1.807) is 7.11 Å². The number of aromatic nitrogens is 3. The highest BCUT2D eigenvalue weighted by Crippen LogP contribution is 2.29. The summed E-state index contributed by atoms with van der Waals surface area (Å²) in [4.78, 5) is 12.7. The van der Waals surface area contributed by atoms with Crippen LogP contribution in [0, 0.1) is 13.8 Å². The molecule has 1 N–H and O–H groups in total. The van der Waals surface area contributed by atoms with Crippen molar-refractivity contribution in [3.63, 3.8) is 0 Å². The molecular formula is C25H24N4O2S. The molecule has 0 saturated heterocycles. The van der Waals surface area contributed by atoms with Gasteiger partial charge in [0.2, 0.25) is 5.91 Å². The first-order valence-electron chi connectivity index (χ1n) is 10.2. The monoisotopic (exact) mass is 444 g/mol. The average molecular weight is 445 g/mol. The van der Waals surface area contributed by atoms with E-state index in [-0.39, 0.29) is 11.7 Å². The van der Waals surface area contributed by atoms with E-state index in [1.807, 2.05) is 91.2 Å². The van der Waals surface area contributed by atoms with Gasteiger partial charge in [-0.1, -0.05) is 60.3 Å². The number of nitrogens with one attached hydrogen (secondary N) is 1. The van der Waals surface area contributed by atoms with Gasteiger partial charge in [-0.3, -0.25) is 9.36 Å². The zero-order valence-corrected chi connectivity index (χ0v) is 19.0. The zero-order chi connectivity index (χ0) is 22.5. The maximum Gasteiger partial charge on any atom is 0.234 e. The number of hydrogen-bond donors (Lipinski definition) is 1. The lowest BCUT2D eigenvalue weighted by Crippen LogP contribution is -2.16. The van der Waals surface area contributed by atoms with Gasteiger partial charge in [0.05, 0.1) is 12.9 Å². The Morgan fingerprint density at radius 3 is 2.28 bits per heavy atom. The van der Waals surface area contributed by atoms with E-state index in [2.05, 4.69) is 15.5 Å². The Balaban J connectivity index is 1.61. The lowest BCUT2D eigenvalue weighted by molar-refractivity contribution is -0.113. The van der Waals surface area contributed by atoms with Gasteiger partial charge >= 0.3 is 0 Å². The average Bonchev–Trinajstić information content (AvgIpc) is 3.25. The Morgan fingerprint density at radius 2 is 1.62 bits per heavy atom. The Morgan fingerprint density at radius 1 is 0.938 bits per heavy atom. The molecule has 7 heteroatoms. The summed E-state index contributed by atoms with van der Waals surface area (Å²) in [5, 5.41) is 12.5. The maximum absolute atomic E-state index is 12.7. The smallest absolute Gasteiger partial charge is 0.234 e. The van der Waals surface area contributed by atoms with E-state index in [0.717, 1.165) is 33.8 Å². The van der Waals surface area contributed by atoms with Gasteiger partial charge in [0.25, 0.3) is 0 Å². The lowest BCUT2D eigenvalue weighted by Gasteiger charge is -2.12. The molecule has 0 unspecified atom stereocenters. The number of methoxy groups -OCH3 is 1. The van der Waals surface area contributed by atoms with Crippen LogP contribution in [-0.2, 0) is 4.79 Å². The van der Waals surface area contributed by atoms with Gasteiger partial charge in [-0.25, -0.2) is 0 Å². The number of nitrogens with zero attached hydrogens (tertiary/aromatic N) is 3. The van der Waals surface area contributed by atoms with Crippen LogP contribution in [0.15, 0.2) is 78.0 Å². The van der Waals surface area contributed by atoms with Gasteiger partial charge in [0.1, 0.15) is 5.75 Å². The topological polar surface area (TPSA) is 69.0 Å². The van der Waals surface area contributed by atoms with Gasteiger partial charge in [-0.2, -0.15) is 0 Å². The first kappa shape index (κ1) is 21.6. The number of para-hydroxylation sites is 1. The maximum atomic E-state index is 12.7. The van der Waals surface area contributed by atoms with E-state index in [0.29, 0.717) is 11.0 Å². The Labute approximate surface area is 191 Å². The predicted molar refractivity (Wildman–Crippen MR) is 129 cm³/mol. The van der Waals surface area contributed by atoms with Crippen molar-refractivity contribution < 1.29 is 9.53 Å². The Hall–Kier alpha value is -3.58. The second-order valence-corrected chi connectivity index (χ2v) is 8.25. The Kier molecular flexibility index (Phi) is 6.56. The van der Waals surface area contributed by atoms with Crippen molar-refractivity contribution in [1.29, 1.82) is 0 Å². The number of amides is 1. The molecule has 0 aliphatic heterocycles. The summed E-state index contributed by atoms with van der Waals surface area (Å²) in [6.45, 7) is 3.98. The molecule has 0 saturated carbocycles. The van der Waals surface area contributed by atoms with Gasteiger partial charge < -0.3 is 10.1 Å². The molecule has 6 nitrogen and oxygen atoms in total. The number of ether oxygens (including phenoxy) is 1. The summed E-state index contributed by atoms with van der Waals surface area (Å²) >= 11 is 1.35. The number of rotatable bonds is 7. The second kappa shape index (κ2) is 9.70. The van der Waals surface area contributed by atoms with E-state index < -0.39 is 0 Å². The fourth-order valence-electron chi connectivity index (χ4n) is 3.42. The molecule has 0 aliphatic carbocycles. The minimum Gasteiger partial charge on any atom is -0.497 e. The summed E-state index contributed by atoms with van der Waals surface area (Å²) in [5.74, 6) is 1.62. The van der Waals surface area contributed by atoms with Crippen molar-refractivity contribution in [2.75, 3.05) is 18.2 Å². The molecule has 0 spiro atoms. The molecule has 162 valence electrons. The number of thioether (sulfide) groups is 1. The third kappa shape index (κ3) is 4.68. The quantitative estimate of drug-likeness (QED) is 0.392. The van der Waals surface area contributed by atoms with E-state index in [1.165, 1.54) is 11.8 Å². The number of aryl methyl sites for hydroxylation is 2. The van der Waals surface area contributed by atoms with Gasteiger partial charge in [-0.15, -0.1) is 10.2 Å². The molecule has 0 bridgehead atoms. The first-order valence-corrected chi connectivity index (χ1v) is 11.2. The van der Waals surface area contributed by atoms with Crippen molar-refractivity contribution in [2.45, 2.75) is 19.0 Å². The van der Waals surface area contributed by atoms with E-state index >= 15 is 0 Å². The summed E-state index contributed by atoms with van der Waals surface area (Å²) in [5.41, 5.74) is 4.78. The number of hydrogen-bond acceptors (Lipinski definition) is 5. The van der Waals surface area contributed by atoms with Crippen molar-refractivity contribution in [3.8, 4) is 22.8 Å². The third-order valence-electron chi connectivity index (χ3n) is 5.07.